The summed E-state index contributed by atoms with van der Waals surface area (Å²) in [6.45, 7) is -0.127. The molecule has 1 aromatic heterocycles. The van der Waals surface area contributed by atoms with Crippen molar-refractivity contribution in [3.63, 3.8) is 0 Å². The molecule has 0 fully saturated rings. The summed E-state index contributed by atoms with van der Waals surface area (Å²) in [5.74, 6) is 0.592. The molecule has 12 nitrogen and oxygen atoms in total. The topological polar surface area (TPSA) is 173 Å². The first kappa shape index (κ1) is 35.8. The molecule has 4 N–H and O–H groups in total. The first-order valence-corrected chi connectivity index (χ1v) is 18.8. The minimum Gasteiger partial charge on any atom is -0.489 e. The summed E-state index contributed by atoms with van der Waals surface area (Å²) in [7, 11) is -4.46. The summed E-state index contributed by atoms with van der Waals surface area (Å²) in [4.78, 5) is 31.7. The Morgan fingerprint density at radius 1 is 0.727 bits per heavy atom. The van der Waals surface area contributed by atoms with Crippen molar-refractivity contribution in [2.24, 2.45) is 0 Å². The predicted molar refractivity (Wildman–Crippen MR) is 206 cm³/mol. The molecule has 0 amide bonds. The van der Waals surface area contributed by atoms with E-state index in [-0.39, 0.29) is 51.1 Å². The number of hydrogen-bond acceptors (Lipinski definition) is 11. The van der Waals surface area contributed by atoms with E-state index in [9.17, 15) is 22.6 Å². The van der Waals surface area contributed by atoms with Crippen LogP contribution in [-0.2, 0) is 26.1 Å². The molecule has 0 bridgehead atoms. The van der Waals surface area contributed by atoms with Gasteiger partial charge in [0.1, 0.15) is 18.1 Å². The van der Waals surface area contributed by atoms with Crippen LogP contribution < -0.4 is 20.3 Å². The van der Waals surface area contributed by atoms with Gasteiger partial charge in [-0.1, -0.05) is 83.9 Å². The smallest absolute Gasteiger partial charge is 0.294 e. The van der Waals surface area contributed by atoms with E-state index in [4.69, 9.17) is 19.1 Å². The standard InChI is InChI=1S/C41H28N2O10S2/c44-40-30-14-8-7-13-29(30)36-31(23-50-27-11-5-2-6-12-27)41(45)43-39-34(22-32(37(40)38(36)39)42-26-16-18-28(19-17-26)55(47,48)49)51-33-20-15-25(21-35(33)54-53-52-46)24-9-3-1-4-10-24/h1-22,42,46H,23H2,(H,43,45)(H,47,48,49). The number of H-pyrrole nitrogens is 1. The maximum Gasteiger partial charge on any atom is 0.294 e. The average molecular weight is 773 g/mol. The van der Waals surface area contributed by atoms with Gasteiger partial charge >= 0.3 is 0 Å². The van der Waals surface area contributed by atoms with E-state index in [0.717, 1.165) is 11.1 Å². The van der Waals surface area contributed by atoms with Crippen LogP contribution in [0.2, 0.25) is 0 Å². The molecule has 274 valence electrons. The molecule has 0 saturated carbocycles. The van der Waals surface area contributed by atoms with Gasteiger partial charge in [0.15, 0.2) is 11.5 Å². The number of rotatable bonds is 12. The summed E-state index contributed by atoms with van der Waals surface area (Å²) in [5.41, 5.74) is 3.98. The van der Waals surface area contributed by atoms with Gasteiger partial charge in [-0.15, -0.1) is 4.33 Å². The Bertz CT molecular complexity index is 2760. The van der Waals surface area contributed by atoms with Gasteiger partial charge in [0.2, 0.25) is 0 Å². The molecular weight excluding hydrogens is 745 g/mol. The Morgan fingerprint density at radius 2 is 1.42 bits per heavy atom. The minimum atomic E-state index is -4.46. The van der Waals surface area contributed by atoms with E-state index in [1.807, 2.05) is 54.6 Å². The minimum absolute atomic E-state index is 0.127. The number of ketones is 1. The number of benzene rings is 6. The molecule has 0 atom stereocenters. The summed E-state index contributed by atoms with van der Waals surface area (Å²) in [5, 5.41) is 16.6. The van der Waals surface area contributed by atoms with Crippen LogP contribution in [0.3, 0.4) is 0 Å². The third-order valence-corrected chi connectivity index (χ3v) is 10.5. The van der Waals surface area contributed by atoms with Crippen LogP contribution in [-0.4, -0.2) is 29.0 Å². The highest BCUT2D eigenvalue weighted by Gasteiger charge is 2.33. The van der Waals surface area contributed by atoms with E-state index in [1.54, 1.807) is 54.6 Å². The number of ether oxygens (including phenoxy) is 2. The maximum atomic E-state index is 14.5. The second-order valence-electron chi connectivity index (χ2n) is 12.3. The lowest BCUT2D eigenvalue weighted by Crippen LogP contribution is -2.22. The van der Waals surface area contributed by atoms with Crippen molar-refractivity contribution in [1.82, 2.24) is 4.98 Å². The second-order valence-corrected chi connectivity index (χ2v) is 14.5. The fourth-order valence-electron chi connectivity index (χ4n) is 6.55. The number of carbonyl (C=O) groups excluding carboxylic acids is 1. The van der Waals surface area contributed by atoms with Crippen LogP contribution in [0.15, 0.2) is 148 Å². The molecule has 0 saturated heterocycles. The molecule has 6 aromatic carbocycles. The number of nitrogens with one attached hydrogen (secondary N) is 2. The molecule has 0 unspecified atom stereocenters. The van der Waals surface area contributed by atoms with Crippen LogP contribution in [0.25, 0.3) is 33.2 Å². The van der Waals surface area contributed by atoms with Gasteiger partial charge in [0, 0.05) is 28.3 Å². The van der Waals surface area contributed by atoms with Crippen LogP contribution in [0.1, 0.15) is 21.5 Å². The largest absolute Gasteiger partial charge is 0.489 e. The molecule has 1 aliphatic carbocycles. The fourth-order valence-corrected chi connectivity index (χ4v) is 7.50. The summed E-state index contributed by atoms with van der Waals surface area (Å²) in [6.07, 6.45) is 0. The van der Waals surface area contributed by atoms with E-state index in [2.05, 4.69) is 15.3 Å². The number of pyridine rings is 1. The number of fused-ring (bicyclic) bond motifs is 2. The first-order chi connectivity index (χ1) is 26.7. The van der Waals surface area contributed by atoms with Crippen molar-refractivity contribution >= 4 is 50.2 Å². The van der Waals surface area contributed by atoms with Gasteiger partial charge in [0.25, 0.3) is 15.7 Å². The quantitative estimate of drug-likeness (QED) is 0.0402. The van der Waals surface area contributed by atoms with E-state index >= 15 is 0 Å². The predicted octanol–water partition coefficient (Wildman–Crippen LogP) is 9.20. The molecule has 0 aliphatic heterocycles. The van der Waals surface area contributed by atoms with Crippen molar-refractivity contribution in [2.75, 3.05) is 5.32 Å². The average Bonchev–Trinajstić information content (AvgIpc) is 3.20. The van der Waals surface area contributed by atoms with Crippen molar-refractivity contribution in [1.29, 1.82) is 0 Å². The number of aromatic nitrogens is 1. The van der Waals surface area contributed by atoms with Crippen molar-refractivity contribution in [3.05, 3.63) is 161 Å². The maximum absolute atomic E-state index is 14.5. The van der Waals surface area contributed by atoms with Crippen LogP contribution in [0.4, 0.5) is 11.4 Å². The molecule has 8 rings (SSSR count). The molecule has 0 radical (unpaired) electrons. The highest BCUT2D eigenvalue weighted by atomic mass is 32.2. The lowest BCUT2D eigenvalue weighted by molar-refractivity contribution is -0.432. The number of para-hydroxylation sites is 1. The Labute approximate surface area is 317 Å². The zero-order valence-electron chi connectivity index (χ0n) is 28.4. The van der Waals surface area contributed by atoms with Crippen molar-refractivity contribution in [3.8, 4) is 39.5 Å². The number of carbonyl (C=O) groups is 1. The van der Waals surface area contributed by atoms with Gasteiger partial charge < -0.3 is 19.8 Å². The third-order valence-electron chi connectivity index (χ3n) is 9.01. The van der Waals surface area contributed by atoms with Gasteiger partial charge in [0.05, 0.1) is 44.2 Å². The van der Waals surface area contributed by atoms with Gasteiger partial charge in [-0.2, -0.15) is 8.42 Å². The zero-order chi connectivity index (χ0) is 38.1. The second kappa shape index (κ2) is 14.9. The van der Waals surface area contributed by atoms with Crippen molar-refractivity contribution in [2.45, 2.75) is 16.4 Å². The molecule has 1 aliphatic rings. The Balaban J connectivity index is 1.35. The first-order valence-electron chi connectivity index (χ1n) is 16.6. The molecule has 0 spiro atoms. The Hall–Kier alpha value is -6.26. The molecule has 55 heavy (non-hydrogen) atoms. The third kappa shape index (κ3) is 7.08. The lowest BCUT2D eigenvalue weighted by Gasteiger charge is -2.26. The normalized spacial score (nSPS) is 12.0. The highest BCUT2D eigenvalue weighted by molar-refractivity contribution is 7.94. The zero-order valence-corrected chi connectivity index (χ0v) is 30.0. The number of anilines is 2. The Kier molecular flexibility index (Phi) is 9.67. The SMILES string of the molecule is O=C1c2ccccc2-c2c(COc3ccccc3)c(=O)[nH]c3c(Oc4ccc(-c5ccccc5)cc4SOOO)cc(Nc4ccc(S(=O)(=O)O)cc4)c1c23. The van der Waals surface area contributed by atoms with E-state index in [0.29, 0.717) is 50.5 Å². The summed E-state index contributed by atoms with van der Waals surface area (Å²) in [6, 6.07) is 37.7. The van der Waals surface area contributed by atoms with Gasteiger partial charge in [-0.25, -0.2) is 5.26 Å². The molecule has 14 heteroatoms. The molecular formula is C41H28N2O10S2. The number of hydrogen-bond donors (Lipinski definition) is 4. The Morgan fingerprint density at radius 3 is 2.13 bits per heavy atom. The van der Waals surface area contributed by atoms with E-state index < -0.39 is 15.7 Å². The monoisotopic (exact) mass is 772 g/mol. The van der Waals surface area contributed by atoms with E-state index in [1.165, 1.54) is 24.3 Å². The van der Waals surface area contributed by atoms with Crippen LogP contribution in [0.5, 0.6) is 17.2 Å². The molecule has 1 heterocycles. The highest BCUT2D eigenvalue weighted by Crippen LogP contribution is 2.48. The van der Waals surface area contributed by atoms with Crippen molar-refractivity contribution < 1.29 is 41.9 Å². The number of aromatic amines is 1. The van der Waals surface area contributed by atoms with Crippen LogP contribution >= 0.6 is 12.0 Å². The lowest BCUT2D eigenvalue weighted by atomic mass is 9.81. The molecule has 7 aromatic rings. The van der Waals surface area contributed by atoms with Gasteiger partial charge in [-0.05, 0) is 65.2 Å². The summed E-state index contributed by atoms with van der Waals surface area (Å²) < 4.78 is 50.6. The fraction of sp³-hybridized carbons (Fsp3) is 0.0244. The summed E-state index contributed by atoms with van der Waals surface area (Å²) >= 11 is 0.689. The van der Waals surface area contributed by atoms with Gasteiger partial charge in [-0.3, -0.25) is 14.1 Å². The van der Waals surface area contributed by atoms with Crippen LogP contribution in [0, 0.1) is 0 Å².